The first-order valence-corrected chi connectivity index (χ1v) is 6.58. The summed E-state index contributed by atoms with van der Waals surface area (Å²) in [6, 6.07) is 5.61. The number of H-pyrrole nitrogens is 1. The molecule has 1 aromatic heterocycles. The Labute approximate surface area is 117 Å². The van der Waals surface area contributed by atoms with E-state index in [1.165, 1.54) is 0 Å². The summed E-state index contributed by atoms with van der Waals surface area (Å²) in [6.07, 6.45) is 0.491. The van der Waals surface area contributed by atoms with Crippen LogP contribution in [0.2, 0.25) is 0 Å². The first-order valence-electron chi connectivity index (χ1n) is 6.58. The highest BCUT2D eigenvalue weighted by molar-refractivity contribution is 6.06. The molecule has 20 heavy (non-hydrogen) atoms. The van der Waals surface area contributed by atoms with E-state index in [-0.39, 0.29) is 12.3 Å². The van der Waals surface area contributed by atoms with Gasteiger partial charge in [0, 0.05) is 24.0 Å². The van der Waals surface area contributed by atoms with Gasteiger partial charge in [0.25, 0.3) is 5.91 Å². The van der Waals surface area contributed by atoms with E-state index < -0.39 is 5.97 Å². The number of hydrogen-bond acceptors (Lipinski definition) is 2. The Bertz CT molecular complexity index is 658. The molecule has 0 bridgehead atoms. The second kappa shape index (κ2) is 5.77. The van der Waals surface area contributed by atoms with Gasteiger partial charge in [-0.1, -0.05) is 12.1 Å². The van der Waals surface area contributed by atoms with Crippen molar-refractivity contribution in [2.45, 2.75) is 26.7 Å². The van der Waals surface area contributed by atoms with E-state index in [0.717, 1.165) is 22.2 Å². The molecule has 0 saturated carbocycles. The molecule has 2 rings (SSSR count). The summed E-state index contributed by atoms with van der Waals surface area (Å²) in [5.74, 6) is -1.03. The van der Waals surface area contributed by atoms with Crippen molar-refractivity contribution in [2.24, 2.45) is 0 Å². The maximum Gasteiger partial charge on any atom is 0.303 e. The Morgan fingerprint density at radius 3 is 2.75 bits per heavy atom. The Hall–Kier alpha value is -2.30. The number of para-hydroxylation sites is 1. The topological polar surface area (TPSA) is 82.2 Å². The van der Waals surface area contributed by atoms with Crippen LogP contribution in [0.25, 0.3) is 10.9 Å². The van der Waals surface area contributed by atoms with E-state index in [1.807, 2.05) is 26.0 Å². The van der Waals surface area contributed by atoms with Crippen LogP contribution >= 0.6 is 0 Å². The van der Waals surface area contributed by atoms with Crippen molar-refractivity contribution in [2.75, 3.05) is 6.54 Å². The van der Waals surface area contributed by atoms with E-state index in [9.17, 15) is 9.59 Å². The van der Waals surface area contributed by atoms with Gasteiger partial charge in [-0.25, -0.2) is 0 Å². The molecule has 106 valence electrons. The first-order chi connectivity index (χ1) is 9.50. The number of carbonyl (C=O) groups excluding carboxylic acids is 1. The third-order valence-electron chi connectivity index (χ3n) is 3.44. The summed E-state index contributed by atoms with van der Waals surface area (Å²) in [5, 5.41) is 12.3. The number of carbonyl (C=O) groups is 2. The van der Waals surface area contributed by atoms with Gasteiger partial charge < -0.3 is 15.4 Å². The average Bonchev–Trinajstić information content (AvgIpc) is 2.70. The molecular weight excluding hydrogens is 256 g/mol. The maximum absolute atomic E-state index is 12.1. The number of aliphatic carboxylic acids is 1. The molecule has 0 aliphatic carbocycles. The van der Waals surface area contributed by atoms with Crippen molar-refractivity contribution in [3.63, 3.8) is 0 Å². The lowest BCUT2D eigenvalue weighted by molar-refractivity contribution is -0.137. The van der Waals surface area contributed by atoms with Crippen molar-refractivity contribution in [3.8, 4) is 0 Å². The Morgan fingerprint density at radius 2 is 2.05 bits per heavy atom. The second-order valence-corrected chi connectivity index (χ2v) is 4.86. The highest BCUT2D eigenvalue weighted by atomic mass is 16.4. The number of aromatic amines is 1. The van der Waals surface area contributed by atoms with Crippen LogP contribution < -0.4 is 5.32 Å². The van der Waals surface area contributed by atoms with Crippen LogP contribution in [0.15, 0.2) is 18.2 Å². The molecule has 0 spiro atoms. The highest BCUT2D eigenvalue weighted by Crippen LogP contribution is 2.24. The maximum atomic E-state index is 12.1. The predicted molar refractivity (Wildman–Crippen MR) is 77.0 cm³/mol. The molecule has 3 N–H and O–H groups in total. The van der Waals surface area contributed by atoms with Gasteiger partial charge in [-0.15, -0.1) is 0 Å². The number of fused-ring (bicyclic) bond motifs is 1. The minimum absolute atomic E-state index is 0.0607. The molecule has 0 aliphatic rings. The van der Waals surface area contributed by atoms with Crippen LogP contribution in [0.5, 0.6) is 0 Å². The van der Waals surface area contributed by atoms with Crippen molar-refractivity contribution in [1.29, 1.82) is 0 Å². The summed E-state index contributed by atoms with van der Waals surface area (Å²) < 4.78 is 0. The standard InChI is InChI=1S/C15H18N2O3/c1-9-10(2)17-14-11(9)5-3-6-12(14)15(20)16-8-4-7-13(18)19/h3,5-6,17H,4,7-8H2,1-2H3,(H,16,20)(H,18,19). The van der Waals surface area contributed by atoms with Gasteiger partial charge in [0.15, 0.2) is 0 Å². The van der Waals surface area contributed by atoms with Gasteiger partial charge in [-0.05, 0) is 31.9 Å². The molecule has 1 amide bonds. The predicted octanol–water partition coefficient (Wildman–Crippen LogP) is 2.38. The largest absolute Gasteiger partial charge is 0.481 e. The Balaban J connectivity index is 2.14. The molecule has 0 unspecified atom stereocenters. The fourth-order valence-electron chi connectivity index (χ4n) is 2.21. The molecule has 0 radical (unpaired) electrons. The molecular formula is C15H18N2O3. The van der Waals surface area contributed by atoms with E-state index in [1.54, 1.807) is 6.07 Å². The number of hydrogen-bond donors (Lipinski definition) is 3. The third-order valence-corrected chi connectivity index (χ3v) is 3.44. The fourth-order valence-corrected chi connectivity index (χ4v) is 2.21. The number of amides is 1. The molecule has 1 aromatic carbocycles. The van der Waals surface area contributed by atoms with Gasteiger partial charge in [0.2, 0.25) is 0 Å². The molecule has 2 aromatic rings. The molecule has 0 aliphatic heterocycles. The summed E-state index contributed by atoms with van der Waals surface area (Å²) >= 11 is 0. The molecule has 5 heteroatoms. The third kappa shape index (κ3) is 2.82. The van der Waals surface area contributed by atoms with Crippen molar-refractivity contribution < 1.29 is 14.7 Å². The molecule has 1 heterocycles. The Morgan fingerprint density at radius 1 is 1.30 bits per heavy atom. The first kappa shape index (κ1) is 14.1. The number of carboxylic acids is 1. The van der Waals surface area contributed by atoms with Crippen LogP contribution in [0, 0.1) is 13.8 Å². The average molecular weight is 274 g/mol. The summed E-state index contributed by atoms with van der Waals surface area (Å²) in [6.45, 7) is 4.35. The van der Waals surface area contributed by atoms with E-state index in [4.69, 9.17) is 5.11 Å². The second-order valence-electron chi connectivity index (χ2n) is 4.86. The van der Waals surface area contributed by atoms with E-state index >= 15 is 0 Å². The number of aryl methyl sites for hydroxylation is 2. The minimum atomic E-state index is -0.850. The van der Waals surface area contributed by atoms with Crippen molar-refractivity contribution >= 4 is 22.8 Å². The summed E-state index contributed by atoms with van der Waals surface area (Å²) in [7, 11) is 0. The lowest BCUT2D eigenvalue weighted by Gasteiger charge is -2.05. The van der Waals surface area contributed by atoms with Crippen LogP contribution in [0.1, 0.15) is 34.5 Å². The quantitative estimate of drug-likeness (QED) is 0.732. The zero-order valence-electron chi connectivity index (χ0n) is 11.6. The Kier molecular flexibility index (Phi) is 4.08. The zero-order valence-corrected chi connectivity index (χ0v) is 11.6. The monoisotopic (exact) mass is 274 g/mol. The summed E-state index contributed by atoms with van der Waals surface area (Å²) in [4.78, 5) is 25.8. The summed E-state index contributed by atoms with van der Waals surface area (Å²) in [5.41, 5.74) is 3.61. The van der Waals surface area contributed by atoms with Gasteiger partial charge in [-0.3, -0.25) is 9.59 Å². The minimum Gasteiger partial charge on any atom is -0.481 e. The molecule has 5 nitrogen and oxygen atoms in total. The van der Waals surface area contributed by atoms with Crippen molar-refractivity contribution in [3.05, 3.63) is 35.0 Å². The van der Waals surface area contributed by atoms with Crippen LogP contribution in [0.3, 0.4) is 0 Å². The SMILES string of the molecule is Cc1[nH]c2c(C(=O)NCCCC(=O)O)cccc2c1C. The fraction of sp³-hybridized carbons (Fsp3) is 0.333. The zero-order chi connectivity index (χ0) is 14.7. The van der Waals surface area contributed by atoms with E-state index in [0.29, 0.717) is 18.5 Å². The molecule has 0 saturated heterocycles. The molecule has 0 atom stereocenters. The smallest absolute Gasteiger partial charge is 0.303 e. The lowest BCUT2D eigenvalue weighted by Crippen LogP contribution is -2.25. The van der Waals surface area contributed by atoms with E-state index in [2.05, 4.69) is 10.3 Å². The van der Waals surface area contributed by atoms with Crippen molar-refractivity contribution in [1.82, 2.24) is 10.3 Å². The number of rotatable bonds is 5. The van der Waals surface area contributed by atoms with Gasteiger partial charge in [-0.2, -0.15) is 0 Å². The van der Waals surface area contributed by atoms with Gasteiger partial charge in [0.05, 0.1) is 11.1 Å². The lowest BCUT2D eigenvalue weighted by atomic mass is 10.1. The van der Waals surface area contributed by atoms with Crippen LogP contribution in [-0.2, 0) is 4.79 Å². The number of nitrogens with one attached hydrogen (secondary N) is 2. The molecule has 0 fully saturated rings. The van der Waals surface area contributed by atoms with Gasteiger partial charge in [0.1, 0.15) is 0 Å². The number of carboxylic acid groups (broad SMARTS) is 1. The highest BCUT2D eigenvalue weighted by Gasteiger charge is 2.13. The number of aromatic nitrogens is 1. The van der Waals surface area contributed by atoms with Crippen LogP contribution in [-0.4, -0.2) is 28.5 Å². The normalized spacial score (nSPS) is 10.7. The number of benzene rings is 1. The van der Waals surface area contributed by atoms with Gasteiger partial charge >= 0.3 is 5.97 Å². The van der Waals surface area contributed by atoms with Crippen LogP contribution in [0.4, 0.5) is 0 Å².